The number of hydrogen-bond donors (Lipinski definition) is 1. The highest BCUT2D eigenvalue weighted by molar-refractivity contribution is 5.14. The second-order valence-corrected chi connectivity index (χ2v) is 6.78. The zero-order valence-corrected chi connectivity index (χ0v) is 13.4. The molecule has 2 unspecified atom stereocenters. The van der Waals surface area contributed by atoms with Crippen molar-refractivity contribution in [2.24, 2.45) is 11.3 Å². The summed E-state index contributed by atoms with van der Waals surface area (Å²) < 4.78 is 0. The van der Waals surface area contributed by atoms with Crippen molar-refractivity contribution in [1.29, 1.82) is 0 Å². The zero-order chi connectivity index (χ0) is 14.3. The predicted molar refractivity (Wildman–Crippen MR) is 85.5 cm³/mol. The molecular weight excluding hydrogens is 230 g/mol. The molecule has 1 nitrogen and oxygen atoms in total. The van der Waals surface area contributed by atoms with Crippen molar-refractivity contribution in [1.82, 2.24) is 5.32 Å². The molecule has 0 spiro atoms. The summed E-state index contributed by atoms with van der Waals surface area (Å²) >= 11 is 0. The van der Waals surface area contributed by atoms with Gasteiger partial charge in [-0.05, 0) is 42.7 Å². The first-order chi connectivity index (χ1) is 8.93. The fraction of sp³-hybridized carbons (Fsp3) is 0.667. The van der Waals surface area contributed by atoms with E-state index in [9.17, 15) is 0 Å². The SMILES string of the molecule is CCNC(CCc1ccccc1)CC(C)C(C)(C)C. The molecule has 0 saturated heterocycles. The minimum absolute atomic E-state index is 0.403. The summed E-state index contributed by atoms with van der Waals surface area (Å²) in [6.07, 6.45) is 3.68. The van der Waals surface area contributed by atoms with E-state index in [1.165, 1.54) is 24.8 Å². The fourth-order valence-corrected chi connectivity index (χ4v) is 2.36. The maximum absolute atomic E-state index is 3.66. The van der Waals surface area contributed by atoms with Crippen molar-refractivity contribution in [3.05, 3.63) is 35.9 Å². The Kier molecular flexibility index (Phi) is 6.57. The van der Waals surface area contributed by atoms with Crippen LogP contribution in [0.5, 0.6) is 0 Å². The van der Waals surface area contributed by atoms with Gasteiger partial charge >= 0.3 is 0 Å². The maximum atomic E-state index is 3.66. The lowest BCUT2D eigenvalue weighted by atomic mass is 9.78. The summed E-state index contributed by atoms with van der Waals surface area (Å²) in [4.78, 5) is 0. The fourth-order valence-electron chi connectivity index (χ4n) is 2.36. The number of hydrogen-bond acceptors (Lipinski definition) is 1. The topological polar surface area (TPSA) is 12.0 Å². The van der Waals surface area contributed by atoms with Gasteiger partial charge in [0.15, 0.2) is 0 Å². The predicted octanol–water partition coefficient (Wildman–Crippen LogP) is 4.67. The Morgan fingerprint density at radius 3 is 2.26 bits per heavy atom. The Bertz CT molecular complexity index is 336. The van der Waals surface area contributed by atoms with E-state index in [4.69, 9.17) is 0 Å². The van der Waals surface area contributed by atoms with E-state index in [1.807, 2.05) is 0 Å². The molecule has 0 aliphatic carbocycles. The normalized spacial score (nSPS) is 15.2. The van der Waals surface area contributed by atoms with Crippen LogP contribution in [-0.2, 0) is 6.42 Å². The van der Waals surface area contributed by atoms with Gasteiger partial charge in [0.1, 0.15) is 0 Å². The highest BCUT2D eigenvalue weighted by Gasteiger charge is 2.23. The van der Waals surface area contributed by atoms with Crippen molar-refractivity contribution in [2.45, 2.75) is 59.9 Å². The monoisotopic (exact) mass is 261 g/mol. The Balaban J connectivity index is 2.49. The lowest BCUT2D eigenvalue weighted by molar-refractivity contribution is 0.220. The first kappa shape index (κ1) is 16.2. The molecule has 0 fully saturated rings. The average molecular weight is 261 g/mol. The van der Waals surface area contributed by atoms with Gasteiger partial charge in [-0.2, -0.15) is 0 Å². The maximum Gasteiger partial charge on any atom is 0.00728 e. The second-order valence-electron chi connectivity index (χ2n) is 6.78. The lowest BCUT2D eigenvalue weighted by Gasteiger charge is -2.31. The van der Waals surface area contributed by atoms with Gasteiger partial charge in [0.2, 0.25) is 0 Å². The van der Waals surface area contributed by atoms with E-state index in [1.54, 1.807) is 0 Å². The van der Waals surface area contributed by atoms with E-state index in [0.29, 0.717) is 11.5 Å². The molecule has 1 N–H and O–H groups in total. The first-order valence-corrected chi connectivity index (χ1v) is 7.70. The van der Waals surface area contributed by atoms with Crippen LogP contribution in [0.2, 0.25) is 0 Å². The van der Waals surface area contributed by atoms with Crippen LogP contribution >= 0.6 is 0 Å². The van der Waals surface area contributed by atoms with Crippen molar-refractivity contribution in [3.63, 3.8) is 0 Å². The van der Waals surface area contributed by atoms with E-state index in [-0.39, 0.29) is 0 Å². The highest BCUT2D eigenvalue weighted by Crippen LogP contribution is 2.29. The van der Waals surface area contributed by atoms with Crippen LogP contribution in [-0.4, -0.2) is 12.6 Å². The molecule has 1 rings (SSSR count). The summed E-state index contributed by atoms with van der Waals surface area (Å²) in [6.45, 7) is 12.7. The van der Waals surface area contributed by atoms with E-state index in [0.717, 1.165) is 12.5 Å². The average Bonchev–Trinajstić information content (AvgIpc) is 2.36. The molecule has 0 bridgehead atoms. The largest absolute Gasteiger partial charge is 0.314 e. The second kappa shape index (κ2) is 7.69. The first-order valence-electron chi connectivity index (χ1n) is 7.70. The zero-order valence-electron chi connectivity index (χ0n) is 13.4. The van der Waals surface area contributed by atoms with Crippen LogP contribution in [0, 0.1) is 11.3 Å². The molecule has 0 heterocycles. The molecule has 0 radical (unpaired) electrons. The van der Waals surface area contributed by atoms with Crippen LogP contribution in [0.25, 0.3) is 0 Å². The molecule has 0 aliphatic heterocycles. The molecule has 1 aromatic rings. The van der Waals surface area contributed by atoms with Gasteiger partial charge in [0.05, 0.1) is 0 Å². The van der Waals surface area contributed by atoms with Gasteiger partial charge < -0.3 is 5.32 Å². The molecule has 0 aliphatic rings. The quantitative estimate of drug-likeness (QED) is 0.752. The van der Waals surface area contributed by atoms with Crippen LogP contribution in [0.3, 0.4) is 0 Å². The lowest BCUT2D eigenvalue weighted by Crippen LogP contribution is -2.34. The molecule has 19 heavy (non-hydrogen) atoms. The third-order valence-electron chi connectivity index (χ3n) is 4.23. The van der Waals surface area contributed by atoms with Gasteiger partial charge in [0.25, 0.3) is 0 Å². The number of rotatable bonds is 7. The summed E-state index contributed by atoms with van der Waals surface area (Å²) in [7, 11) is 0. The summed E-state index contributed by atoms with van der Waals surface area (Å²) in [5, 5.41) is 3.66. The number of nitrogens with one attached hydrogen (secondary N) is 1. The van der Waals surface area contributed by atoms with E-state index in [2.05, 4.69) is 70.3 Å². The smallest absolute Gasteiger partial charge is 0.00728 e. The van der Waals surface area contributed by atoms with Crippen LogP contribution < -0.4 is 5.32 Å². The third kappa shape index (κ3) is 6.24. The van der Waals surface area contributed by atoms with Gasteiger partial charge in [-0.1, -0.05) is 65.0 Å². The molecule has 0 saturated carbocycles. The van der Waals surface area contributed by atoms with E-state index >= 15 is 0 Å². The highest BCUT2D eigenvalue weighted by atomic mass is 14.9. The molecule has 108 valence electrons. The van der Waals surface area contributed by atoms with Gasteiger partial charge in [0, 0.05) is 6.04 Å². The van der Waals surface area contributed by atoms with Crippen LogP contribution in [0.4, 0.5) is 0 Å². The summed E-state index contributed by atoms with van der Waals surface area (Å²) in [5.74, 6) is 0.743. The Hall–Kier alpha value is -0.820. The van der Waals surface area contributed by atoms with E-state index < -0.39 is 0 Å². The summed E-state index contributed by atoms with van der Waals surface area (Å²) in [5.41, 5.74) is 1.86. The minimum Gasteiger partial charge on any atom is -0.314 e. The van der Waals surface area contributed by atoms with Gasteiger partial charge in [-0.15, -0.1) is 0 Å². The molecular formula is C18H31N. The van der Waals surface area contributed by atoms with Crippen LogP contribution in [0.15, 0.2) is 30.3 Å². The van der Waals surface area contributed by atoms with Crippen molar-refractivity contribution < 1.29 is 0 Å². The Labute approximate surface area is 119 Å². The van der Waals surface area contributed by atoms with Crippen molar-refractivity contribution in [3.8, 4) is 0 Å². The van der Waals surface area contributed by atoms with Crippen LogP contribution in [0.1, 0.15) is 53.0 Å². The number of aryl methyl sites for hydroxylation is 1. The molecule has 0 aromatic heterocycles. The standard InChI is InChI=1S/C18H31N/c1-6-19-17(14-15(2)18(3,4)5)13-12-16-10-8-7-9-11-16/h7-11,15,17,19H,6,12-14H2,1-5H3. The van der Waals surface area contributed by atoms with Crippen molar-refractivity contribution in [2.75, 3.05) is 6.54 Å². The third-order valence-corrected chi connectivity index (χ3v) is 4.23. The molecule has 0 amide bonds. The molecule has 2 atom stereocenters. The van der Waals surface area contributed by atoms with Gasteiger partial charge in [-0.3, -0.25) is 0 Å². The summed E-state index contributed by atoms with van der Waals surface area (Å²) in [6, 6.07) is 11.5. The Morgan fingerprint density at radius 1 is 1.11 bits per heavy atom. The molecule has 1 heteroatoms. The number of benzene rings is 1. The Morgan fingerprint density at radius 2 is 1.74 bits per heavy atom. The van der Waals surface area contributed by atoms with Gasteiger partial charge in [-0.25, -0.2) is 0 Å². The van der Waals surface area contributed by atoms with Crippen molar-refractivity contribution >= 4 is 0 Å². The minimum atomic E-state index is 0.403. The molecule has 1 aromatic carbocycles.